The first-order valence-electron chi connectivity index (χ1n) is 11.2. The summed E-state index contributed by atoms with van der Waals surface area (Å²) in [6, 6.07) is 8.15. The van der Waals surface area contributed by atoms with Crippen LogP contribution < -0.4 is 14.8 Å². The number of sulfonamides is 1. The molecule has 1 aliphatic heterocycles. The number of fused-ring (bicyclic) bond motifs is 8. The Morgan fingerprint density at radius 1 is 1.03 bits per heavy atom. The Hall–Kier alpha value is -3.44. The van der Waals surface area contributed by atoms with Gasteiger partial charge in [0.05, 0.1) is 25.4 Å². The zero-order chi connectivity index (χ0) is 23.5. The van der Waals surface area contributed by atoms with Crippen LogP contribution in [0.15, 0.2) is 47.8 Å². The summed E-state index contributed by atoms with van der Waals surface area (Å²) in [6.07, 6.45) is 6.55. The molecular weight excluding hydrogens is 458 g/mol. The van der Waals surface area contributed by atoms with E-state index in [4.69, 9.17) is 9.47 Å². The van der Waals surface area contributed by atoms with Gasteiger partial charge in [0.15, 0.2) is 5.03 Å². The van der Waals surface area contributed by atoms with Gasteiger partial charge in [0.2, 0.25) is 5.88 Å². The molecule has 1 aliphatic carbocycles. The minimum absolute atomic E-state index is 0.230. The van der Waals surface area contributed by atoms with E-state index in [0.29, 0.717) is 44.4 Å². The average Bonchev–Trinajstić information content (AvgIpc) is 3.48. The molecule has 0 radical (unpaired) electrons. The number of anilines is 1. The Bertz CT molecular complexity index is 1320. The molecule has 0 saturated heterocycles. The largest absolute Gasteiger partial charge is 0.478 e. The quantitative estimate of drug-likeness (QED) is 0.504. The van der Waals surface area contributed by atoms with E-state index in [9.17, 15) is 13.2 Å². The highest BCUT2D eigenvalue weighted by atomic mass is 32.2. The van der Waals surface area contributed by atoms with Gasteiger partial charge < -0.3 is 14.8 Å². The number of ether oxygens (including phenoxy) is 2. The van der Waals surface area contributed by atoms with E-state index >= 15 is 0 Å². The molecule has 3 heterocycles. The molecule has 34 heavy (non-hydrogen) atoms. The molecule has 11 heteroatoms. The van der Waals surface area contributed by atoms with Crippen LogP contribution in [0, 0.1) is 0 Å². The summed E-state index contributed by atoms with van der Waals surface area (Å²) in [5.74, 6) is 0.470. The third-order valence-corrected chi connectivity index (χ3v) is 7.06. The molecule has 5 rings (SSSR count). The van der Waals surface area contributed by atoms with Gasteiger partial charge >= 0.3 is 6.03 Å². The zero-order valence-corrected chi connectivity index (χ0v) is 19.3. The average molecular weight is 484 g/mol. The summed E-state index contributed by atoms with van der Waals surface area (Å²) in [7, 11) is -4.15. The van der Waals surface area contributed by atoms with Crippen molar-refractivity contribution in [1.82, 2.24) is 19.5 Å². The molecule has 4 bridgehead atoms. The predicted octanol–water partition coefficient (Wildman–Crippen LogP) is 2.74. The van der Waals surface area contributed by atoms with E-state index in [2.05, 4.69) is 26.2 Å². The Morgan fingerprint density at radius 2 is 1.94 bits per heavy atom. The number of hydrogen-bond acceptors (Lipinski definition) is 7. The van der Waals surface area contributed by atoms with Gasteiger partial charge in [-0.25, -0.2) is 14.5 Å². The van der Waals surface area contributed by atoms with E-state index in [0.717, 1.165) is 41.5 Å². The van der Waals surface area contributed by atoms with Crippen LogP contribution in [0.25, 0.3) is 11.1 Å². The normalized spacial score (nSPS) is 18.2. The molecule has 2 aromatic heterocycles. The van der Waals surface area contributed by atoms with Crippen LogP contribution in [0.1, 0.15) is 24.0 Å². The maximum absolute atomic E-state index is 12.8. The number of hydrogen-bond donors (Lipinski definition) is 2. The van der Waals surface area contributed by atoms with Crippen molar-refractivity contribution in [3.63, 3.8) is 0 Å². The molecular formula is C23H25N5O5S. The number of amides is 2. The van der Waals surface area contributed by atoms with E-state index in [1.807, 2.05) is 18.2 Å². The van der Waals surface area contributed by atoms with E-state index in [-0.39, 0.29) is 5.03 Å². The lowest BCUT2D eigenvalue weighted by Gasteiger charge is -2.17. The fraction of sp³-hybridized carbons (Fsp3) is 0.348. The van der Waals surface area contributed by atoms with Crippen molar-refractivity contribution in [2.75, 3.05) is 25.1 Å². The van der Waals surface area contributed by atoms with Crippen molar-refractivity contribution < 1.29 is 22.7 Å². The summed E-state index contributed by atoms with van der Waals surface area (Å²) in [6.45, 7) is 1.67. The Balaban J connectivity index is 1.52. The second-order valence-electron chi connectivity index (χ2n) is 8.15. The Labute approximate surface area is 197 Å². The summed E-state index contributed by atoms with van der Waals surface area (Å²) in [5, 5.41) is 6.63. The molecule has 0 atom stereocenters. The second kappa shape index (κ2) is 9.43. The van der Waals surface area contributed by atoms with Crippen molar-refractivity contribution in [2.24, 2.45) is 0 Å². The highest BCUT2D eigenvalue weighted by Crippen LogP contribution is 2.38. The molecule has 3 aromatic rings. The van der Waals surface area contributed by atoms with E-state index in [1.165, 1.54) is 16.9 Å². The summed E-state index contributed by atoms with van der Waals surface area (Å²) in [5.41, 5.74) is 4.33. The number of rotatable bonds is 0. The lowest BCUT2D eigenvalue weighted by atomic mass is 9.98. The van der Waals surface area contributed by atoms with Crippen LogP contribution in [-0.4, -0.2) is 49.0 Å². The predicted molar refractivity (Wildman–Crippen MR) is 124 cm³/mol. The maximum Gasteiger partial charge on any atom is 0.333 e. The number of carbonyl (C=O) groups excluding carboxylic acids is 1. The van der Waals surface area contributed by atoms with Crippen molar-refractivity contribution in [3.8, 4) is 17.0 Å². The number of carbonyl (C=O) groups is 1. The summed E-state index contributed by atoms with van der Waals surface area (Å²) >= 11 is 0. The van der Waals surface area contributed by atoms with Crippen LogP contribution in [0.4, 0.5) is 10.5 Å². The molecule has 0 fully saturated rings. The van der Waals surface area contributed by atoms with E-state index in [1.54, 1.807) is 6.20 Å². The van der Waals surface area contributed by atoms with Crippen molar-refractivity contribution >= 4 is 21.7 Å². The number of pyridine rings is 1. The third-order valence-electron chi connectivity index (χ3n) is 5.83. The van der Waals surface area contributed by atoms with Crippen LogP contribution in [0.2, 0.25) is 0 Å². The van der Waals surface area contributed by atoms with Gasteiger partial charge in [-0.2, -0.15) is 13.5 Å². The first-order chi connectivity index (χ1) is 16.5. The molecule has 2 N–H and O–H groups in total. The Kier molecular flexibility index (Phi) is 6.20. The standard InChI is InChI=1S/C23H25N5O5S/c29-23-25-22-18-4-1-3-16(18)5-6-19(22)17-7-9-24-20(15-17)33-13-2-12-32-14-11-28-10-8-21(26-28)34(30,31)27-23/h5-10,15H,1-4,11-14H2,(H2,25,27,29). The second-order valence-corrected chi connectivity index (χ2v) is 9.78. The molecule has 0 unspecified atom stereocenters. The van der Waals surface area contributed by atoms with Crippen LogP contribution in [0.3, 0.4) is 0 Å². The molecule has 0 spiro atoms. The van der Waals surface area contributed by atoms with Gasteiger partial charge in [0, 0.05) is 37.1 Å². The number of nitrogens with zero attached hydrogens (tertiary/aromatic N) is 3. The highest BCUT2D eigenvalue weighted by Gasteiger charge is 2.24. The lowest BCUT2D eigenvalue weighted by molar-refractivity contribution is 0.109. The fourth-order valence-corrected chi connectivity index (χ4v) is 5.08. The SMILES string of the molecule is O=C1Nc2c(ccc3c2CCC3)-c2ccnc(c2)OCCCOCCn2ccc(n2)S(=O)(=O)N1. The van der Waals surface area contributed by atoms with Crippen LogP contribution in [-0.2, 0) is 34.1 Å². The van der Waals surface area contributed by atoms with Crippen LogP contribution >= 0.6 is 0 Å². The molecule has 0 saturated carbocycles. The molecule has 2 aliphatic rings. The van der Waals surface area contributed by atoms with Crippen molar-refractivity contribution in [3.05, 3.63) is 53.9 Å². The van der Waals surface area contributed by atoms with E-state index < -0.39 is 16.1 Å². The van der Waals surface area contributed by atoms with Gasteiger partial charge in [0.1, 0.15) is 0 Å². The summed E-state index contributed by atoms with van der Waals surface area (Å²) in [4.78, 5) is 17.1. The smallest absolute Gasteiger partial charge is 0.333 e. The molecule has 2 amide bonds. The van der Waals surface area contributed by atoms with Crippen molar-refractivity contribution in [1.29, 1.82) is 0 Å². The van der Waals surface area contributed by atoms with Gasteiger partial charge in [-0.15, -0.1) is 0 Å². The topological polar surface area (TPSA) is 124 Å². The molecule has 10 nitrogen and oxygen atoms in total. The van der Waals surface area contributed by atoms with Gasteiger partial charge in [0.25, 0.3) is 10.0 Å². The third kappa shape index (κ3) is 4.75. The van der Waals surface area contributed by atoms with Crippen molar-refractivity contribution in [2.45, 2.75) is 37.3 Å². The van der Waals surface area contributed by atoms with Crippen LogP contribution in [0.5, 0.6) is 5.88 Å². The first kappa shape index (κ1) is 22.4. The van der Waals surface area contributed by atoms with Gasteiger partial charge in [-0.05, 0) is 48.1 Å². The fourth-order valence-electron chi connectivity index (χ4n) is 4.23. The molecule has 178 valence electrons. The Morgan fingerprint density at radius 3 is 2.85 bits per heavy atom. The number of urea groups is 1. The highest BCUT2D eigenvalue weighted by molar-refractivity contribution is 7.90. The molecule has 1 aromatic carbocycles. The van der Waals surface area contributed by atoms with Gasteiger partial charge in [-0.1, -0.05) is 12.1 Å². The number of aromatic nitrogens is 3. The number of benzene rings is 1. The number of aryl methyl sites for hydroxylation is 1. The minimum Gasteiger partial charge on any atom is -0.478 e. The van der Waals surface area contributed by atoms with Gasteiger partial charge in [-0.3, -0.25) is 4.68 Å². The minimum atomic E-state index is -4.15. The summed E-state index contributed by atoms with van der Waals surface area (Å²) < 4.78 is 40.5. The first-order valence-corrected chi connectivity index (χ1v) is 12.7. The zero-order valence-electron chi connectivity index (χ0n) is 18.5. The maximum atomic E-state index is 12.8. The lowest BCUT2D eigenvalue weighted by Crippen LogP contribution is -2.35. The monoisotopic (exact) mass is 483 g/mol. The number of nitrogens with one attached hydrogen (secondary N) is 2.